The molecule has 5 nitrogen and oxygen atoms in total. The van der Waals surface area contributed by atoms with Crippen LogP contribution in [0.4, 0.5) is 5.69 Å². The van der Waals surface area contributed by atoms with Gasteiger partial charge in [-0.1, -0.05) is 72.4 Å². The number of thioether (sulfide) groups is 2. The maximum absolute atomic E-state index is 12.6. The molecule has 1 heterocycles. The lowest BCUT2D eigenvalue weighted by atomic mass is 10.2. The minimum atomic E-state index is -0.103. The van der Waals surface area contributed by atoms with Crippen molar-refractivity contribution in [3.05, 3.63) is 101 Å². The molecule has 0 atom stereocenters. The Morgan fingerprint density at radius 1 is 0.971 bits per heavy atom. The number of rotatable bonds is 7. The fourth-order valence-electron chi connectivity index (χ4n) is 3.14. The average molecular weight is 492 g/mol. The van der Waals surface area contributed by atoms with E-state index in [1.54, 1.807) is 0 Å². The molecule has 0 saturated carbocycles. The largest absolute Gasteiger partial charge is 0.494 e. The number of anilines is 1. The highest BCUT2D eigenvalue weighted by atomic mass is 32.2. The van der Waals surface area contributed by atoms with Crippen LogP contribution >= 0.6 is 23.5 Å². The normalized spacial score (nSPS) is 14.1. The quantitative estimate of drug-likeness (QED) is 0.303. The molecule has 3 aromatic rings. The number of benzene rings is 3. The van der Waals surface area contributed by atoms with Gasteiger partial charge >= 0.3 is 0 Å². The lowest BCUT2D eigenvalue weighted by Gasteiger charge is -2.16. The Kier molecular flexibility index (Phi) is 9.67. The molecule has 0 unspecified atom stereocenters. The number of carbonyl (C=O) groups is 1. The van der Waals surface area contributed by atoms with Crippen molar-refractivity contribution >= 4 is 40.3 Å². The lowest BCUT2D eigenvalue weighted by molar-refractivity contribution is -0.122. The van der Waals surface area contributed by atoms with Crippen LogP contribution < -0.4 is 9.64 Å². The Morgan fingerprint density at radius 2 is 1.59 bits per heavy atom. The van der Waals surface area contributed by atoms with Crippen molar-refractivity contribution in [3.63, 3.8) is 0 Å². The lowest BCUT2D eigenvalue weighted by Crippen LogP contribution is -2.27. The highest BCUT2D eigenvalue weighted by molar-refractivity contribution is 8.19. The number of ether oxygens (including phenoxy) is 1. The first-order valence-electron chi connectivity index (χ1n) is 10.9. The molecule has 0 aromatic heterocycles. The first-order chi connectivity index (χ1) is 16.5. The summed E-state index contributed by atoms with van der Waals surface area (Å²) in [5.41, 5.74) is 2.13. The molecule has 4 rings (SSSR count). The molecule has 34 heavy (non-hydrogen) atoms. The maximum Gasteiger partial charge on any atom is 0.267 e. The van der Waals surface area contributed by atoms with Crippen molar-refractivity contribution in [1.29, 1.82) is 5.41 Å². The predicted molar refractivity (Wildman–Crippen MR) is 145 cm³/mol. The van der Waals surface area contributed by atoms with E-state index in [0.717, 1.165) is 28.5 Å². The highest BCUT2D eigenvalue weighted by Gasteiger charge is 2.32. The van der Waals surface area contributed by atoms with E-state index >= 15 is 0 Å². The summed E-state index contributed by atoms with van der Waals surface area (Å²) in [7, 11) is 4.00. The Bertz CT molecular complexity index is 1120. The number of carbonyl (C=O) groups excluding carboxylic acids is 1. The van der Waals surface area contributed by atoms with E-state index < -0.39 is 0 Å². The summed E-state index contributed by atoms with van der Waals surface area (Å²) in [6, 6.07) is 27.6. The number of amides is 1. The molecule has 1 fully saturated rings. The standard InChI is InChI=1S/C19H19N3OS2.C8H10O/c1-21(2)15-10-6-7-11-16(15)24-13-17-18(23)22(19(20)25-17)12-14-8-4-3-5-9-14;1-2-9-8-6-4-3-5-7-8/h3-11,13,20H,12H2,1-2H3;3-7H,2H2,1H3/b17-13-,20-19?;. The van der Waals surface area contributed by atoms with Gasteiger partial charge in [-0.3, -0.25) is 15.1 Å². The number of nitrogens with one attached hydrogen (secondary N) is 1. The van der Waals surface area contributed by atoms with Gasteiger partial charge in [-0.05, 0) is 53.9 Å². The van der Waals surface area contributed by atoms with Crippen LogP contribution in [0.15, 0.2) is 100 Å². The molecule has 7 heteroatoms. The van der Waals surface area contributed by atoms with Gasteiger partial charge < -0.3 is 9.64 Å². The Balaban J connectivity index is 0.000000302. The SMILES string of the molecule is CCOc1ccccc1.CN(C)c1ccccc1S/C=C1\SC(=N)N(Cc2ccccc2)C1=O. The molecule has 3 aromatic carbocycles. The van der Waals surface area contributed by atoms with Crippen LogP contribution in [0.25, 0.3) is 0 Å². The maximum atomic E-state index is 12.6. The summed E-state index contributed by atoms with van der Waals surface area (Å²) in [5.74, 6) is 0.841. The summed E-state index contributed by atoms with van der Waals surface area (Å²) in [6.45, 7) is 3.15. The van der Waals surface area contributed by atoms with E-state index in [1.807, 2.05) is 116 Å². The Hall–Kier alpha value is -3.16. The third-order valence-corrected chi connectivity index (χ3v) is 6.81. The number of para-hydroxylation sites is 2. The van der Waals surface area contributed by atoms with Crippen LogP contribution in [0.5, 0.6) is 5.75 Å². The van der Waals surface area contributed by atoms with Gasteiger partial charge in [0.05, 0.1) is 23.7 Å². The molecule has 0 radical (unpaired) electrons. The highest BCUT2D eigenvalue weighted by Crippen LogP contribution is 2.36. The molecule has 0 aliphatic carbocycles. The van der Waals surface area contributed by atoms with Crippen molar-refractivity contribution in [2.75, 3.05) is 25.6 Å². The van der Waals surface area contributed by atoms with Gasteiger partial charge in [0.2, 0.25) is 0 Å². The Labute approximate surface area is 210 Å². The van der Waals surface area contributed by atoms with Gasteiger partial charge in [0, 0.05) is 19.0 Å². The van der Waals surface area contributed by atoms with Gasteiger partial charge in [-0.15, -0.1) is 0 Å². The first-order valence-corrected chi connectivity index (χ1v) is 12.6. The van der Waals surface area contributed by atoms with Crippen LogP contribution in [-0.2, 0) is 11.3 Å². The average Bonchev–Trinajstić information content (AvgIpc) is 3.12. The van der Waals surface area contributed by atoms with E-state index in [2.05, 4.69) is 0 Å². The summed E-state index contributed by atoms with van der Waals surface area (Å²) in [4.78, 5) is 17.9. The fraction of sp³-hybridized carbons (Fsp3) is 0.185. The second kappa shape index (κ2) is 12.9. The fourth-order valence-corrected chi connectivity index (χ4v) is 5.00. The first kappa shape index (κ1) is 25.5. The van der Waals surface area contributed by atoms with E-state index in [-0.39, 0.29) is 11.1 Å². The molecule has 1 amide bonds. The number of hydrogen-bond acceptors (Lipinski definition) is 6. The van der Waals surface area contributed by atoms with Crippen molar-refractivity contribution in [2.24, 2.45) is 0 Å². The van der Waals surface area contributed by atoms with Crippen LogP contribution in [0.3, 0.4) is 0 Å². The molecule has 176 valence electrons. The summed E-state index contributed by atoms with van der Waals surface area (Å²) in [5, 5.41) is 10.3. The molecule has 1 saturated heterocycles. The zero-order valence-corrected chi connectivity index (χ0v) is 21.2. The minimum Gasteiger partial charge on any atom is -0.494 e. The topological polar surface area (TPSA) is 56.6 Å². The Morgan fingerprint density at radius 3 is 2.24 bits per heavy atom. The van der Waals surface area contributed by atoms with Gasteiger partial charge in [0.1, 0.15) is 5.75 Å². The summed E-state index contributed by atoms with van der Waals surface area (Å²) >= 11 is 2.74. The molecular weight excluding hydrogens is 462 g/mol. The zero-order chi connectivity index (χ0) is 24.3. The second-order valence-corrected chi connectivity index (χ2v) is 9.43. The van der Waals surface area contributed by atoms with Crippen molar-refractivity contribution in [3.8, 4) is 5.75 Å². The van der Waals surface area contributed by atoms with Crippen LogP contribution in [-0.4, -0.2) is 36.7 Å². The van der Waals surface area contributed by atoms with E-state index in [4.69, 9.17) is 10.1 Å². The van der Waals surface area contributed by atoms with Crippen molar-refractivity contribution in [1.82, 2.24) is 4.90 Å². The molecule has 1 aliphatic heterocycles. The predicted octanol–water partition coefficient (Wildman–Crippen LogP) is 6.48. The van der Waals surface area contributed by atoms with Crippen molar-refractivity contribution in [2.45, 2.75) is 18.4 Å². The van der Waals surface area contributed by atoms with Crippen LogP contribution in [0.1, 0.15) is 12.5 Å². The number of hydrogen-bond donors (Lipinski definition) is 1. The molecule has 0 spiro atoms. The van der Waals surface area contributed by atoms with Gasteiger partial charge in [-0.25, -0.2) is 0 Å². The molecule has 0 bridgehead atoms. The van der Waals surface area contributed by atoms with Gasteiger partial charge in [0.15, 0.2) is 5.17 Å². The van der Waals surface area contributed by atoms with E-state index in [0.29, 0.717) is 11.4 Å². The van der Waals surface area contributed by atoms with Crippen LogP contribution in [0, 0.1) is 5.41 Å². The number of amidine groups is 1. The third-order valence-electron chi connectivity index (χ3n) is 4.79. The minimum absolute atomic E-state index is 0.103. The van der Waals surface area contributed by atoms with Crippen molar-refractivity contribution < 1.29 is 9.53 Å². The summed E-state index contributed by atoms with van der Waals surface area (Å²) in [6.07, 6.45) is 0. The monoisotopic (exact) mass is 491 g/mol. The summed E-state index contributed by atoms with van der Waals surface area (Å²) < 4.78 is 5.21. The molecule has 1 N–H and O–H groups in total. The van der Waals surface area contributed by atoms with Crippen LogP contribution in [0.2, 0.25) is 0 Å². The van der Waals surface area contributed by atoms with Gasteiger partial charge in [-0.2, -0.15) is 0 Å². The molecular formula is C27H29N3O2S2. The van der Waals surface area contributed by atoms with E-state index in [1.165, 1.54) is 28.4 Å². The number of nitrogens with zero attached hydrogens (tertiary/aromatic N) is 2. The molecule has 1 aliphatic rings. The van der Waals surface area contributed by atoms with Gasteiger partial charge in [0.25, 0.3) is 5.91 Å². The van der Waals surface area contributed by atoms with E-state index in [9.17, 15) is 4.79 Å². The second-order valence-electron chi connectivity index (χ2n) is 7.49. The zero-order valence-electron chi connectivity index (χ0n) is 19.6. The smallest absolute Gasteiger partial charge is 0.267 e. The third kappa shape index (κ3) is 7.17.